The van der Waals surface area contributed by atoms with Crippen LogP contribution in [0.1, 0.15) is 32.0 Å². The van der Waals surface area contributed by atoms with Crippen LogP contribution in [0, 0.1) is 6.92 Å². The maximum atomic E-state index is 4.64. The summed E-state index contributed by atoms with van der Waals surface area (Å²) in [5.74, 6) is 1.98. The van der Waals surface area contributed by atoms with Gasteiger partial charge in [-0.2, -0.15) is 0 Å². The fraction of sp³-hybridized carbons (Fsp3) is 0.652. The number of nitrogens with zero attached hydrogens (tertiary/aromatic N) is 5. The molecule has 1 aromatic carbocycles. The average molecular weight is 542 g/mol. The summed E-state index contributed by atoms with van der Waals surface area (Å²) in [6, 6.07) is 8.35. The number of unbranched alkanes of at least 4 members (excludes halogenated alkanes) is 1. The van der Waals surface area contributed by atoms with Crippen molar-refractivity contribution in [2.24, 2.45) is 4.99 Å². The molecule has 0 aliphatic carbocycles. The molecule has 2 N–H and O–H groups in total. The SMILES string of the molecule is CCN1CCN(CCCCNC(=NC)NCCCn2c(C)nc3ccccc32)CC1.I. The Kier molecular flexibility index (Phi) is 11.6. The van der Waals surface area contributed by atoms with E-state index in [1.54, 1.807) is 0 Å². The zero-order chi connectivity index (χ0) is 21.2. The van der Waals surface area contributed by atoms with Crippen LogP contribution < -0.4 is 10.6 Å². The lowest BCUT2D eigenvalue weighted by Gasteiger charge is -2.34. The number of aromatic nitrogens is 2. The monoisotopic (exact) mass is 541 g/mol. The van der Waals surface area contributed by atoms with Gasteiger partial charge in [0.1, 0.15) is 5.82 Å². The summed E-state index contributed by atoms with van der Waals surface area (Å²) in [4.78, 5) is 14.1. The van der Waals surface area contributed by atoms with Crippen molar-refractivity contribution in [2.45, 2.75) is 39.7 Å². The molecule has 1 saturated heterocycles. The molecule has 3 rings (SSSR count). The van der Waals surface area contributed by atoms with Crippen LogP contribution in [-0.4, -0.2) is 84.7 Å². The van der Waals surface area contributed by atoms with E-state index < -0.39 is 0 Å². The number of aryl methyl sites for hydroxylation is 2. The maximum absolute atomic E-state index is 4.64. The molecular formula is C23H40IN7. The molecule has 2 heterocycles. The number of halogens is 1. The van der Waals surface area contributed by atoms with Gasteiger partial charge in [0.25, 0.3) is 0 Å². The zero-order valence-corrected chi connectivity index (χ0v) is 21.8. The molecule has 0 atom stereocenters. The van der Waals surface area contributed by atoms with Crippen LogP contribution in [0.2, 0.25) is 0 Å². The lowest BCUT2D eigenvalue weighted by atomic mass is 10.2. The zero-order valence-electron chi connectivity index (χ0n) is 19.4. The van der Waals surface area contributed by atoms with Gasteiger partial charge in [0.05, 0.1) is 11.0 Å². The highest BCUT2D eigenvalue weighted by Crippen LogP contribution is 2.15. The van der Waals surface area contributed by atoms with Gasteiger partial charge >= 0.3 is 0 Å². The van der Waals surface area contributed by atoms with Crippen molar-refractivity contribution < 1.29 is 0 Å². The van der Waals surface area contributed by atoms with Crippen LogP contribution in [-0.2, 0) is 6.54 Å². The van der Waals surface area contributed by atoms with E-state index in [0.717, 1.165) is 43.4 Å². The number of hydrogen-bond acceptors (Lipinski definition) is 4. The normalized spacial score (nSPS) is 15.8. The van der Waals surface area contributed by atoms with Gasteiger partial charge in [0.15, 0.2) is 5.96 Å². The molecule has 1 aliphatic rings. The van der Waals surface area contributed by atoms with Crippen LogP contribution in [0.3, 0.4) is 0 Å². The first-order valence-corrected chi connectivity index (χ1v) is 11.5. The van der Waals surface area contributed by atoms with Gasteiger partial charge in [-0.1, -0.05) is 19.1 Å². The Morgan fingerprint density at radius 2 is 1.65 bits per heavy atom. The van der Waals surface area contributed by atoms with Crippen molar-refractivity contribution in [3.8, 4) is 0 Å². The van der Waals surface area contributed by atoms with Gasteiger partial charge in [0, 0.05) is 52.9 Å². The largest absolute Gasteiger partial charge is 0.356 e. The Hall–Kier alpha value is -1.39. The van der Waals surface area contributed by atoms with Gasteiger partial charge in [0.2, 0.25) is 0 Å². The Balaban J connectivity index is 0.00000341. The first-order valence-electron chi connectivity index (χ1n) is 11.5. The number of piperazine rings is 1. The van der Waals surface area contributed by atoms with Crippen molar-refractivity contribution in [3.05, 3.63) is 30.1 Å². The third-order valence-corrected chi connectivity index (χ3v) is 6.03. The molecule has 7 nitrogen and oxygen atoms in total. The van der Waals surface area contributed by atoms with Crippen molar-refractivity contribution in [1.29, 1.82) is 0 Å². The second kappa shape index (κ2) is 13.9. The highest BCUT2D eigenvalue weighted by atomic mass is 127. The van der Waals surface area contributed by atoms with Crippen molar-refractivity contribution in [2.75, 3.05) is 59.4 Å². The third kappa shape index (κ3) is 7.91. The molecule has 31 heavy (non-hydrogen) atoms. The lowest BCUT2D eigenvalue weighted by Crippen LogP contribution is -2.46. The minimum absolute atomic E-state index is 0. The molecule has 2 aromatic rings. The first-order chi connectivity index (χ1) is 14.7. The van der Waals surface area contributed by atoms with E-state index in [4.69, 9.17) is 0 Å². The topological polar surface area (TPSA) is 60.7 Å². The number of hydrogen-bond donors (Lipinski definition) is 2. The summed E-state index contributed by atoms with van der Waals surface area (Å²) in [7, 11) is 1.84. The van der Waals surface area contributed by atoms with E-state index in [-0.39, 0.29) is 24.0 Å². The maximum Gasteiger partial charge on any atom is 0.190 e. The number of likely N-dealkylation sites (N-methyl/N-ethyl adjacent to an activating group) is 1. The van der Waals surface area contributed by atoms with Crippen molar-refractivity contribution >= 4 is 41.0 Å². The van der Waals surface area contributed by atoms with Gasteiger partial charge in [-0.3, -0.25) is 4.99 Å². The van der Waals surface area contributed by atoms with Crippen LogP contribution in [0.5, 0.6) is 0 Å². The number of nitrogens with one attached hydrogen (secondary N) is 2. The van der Waals surface area contributed by atoms with E-state index in [1.807, 2.05) is 13.1 Å². The number of rotatable bonds is 10. The predicted octanol–water partition coefficient (Wildman–Crippen LogP) is 2.94. The second-order valence-electron chi connectivity index (χ2n) is 8.06. The molecular weight excluding hydrogens is 501 g/mol. The fourth-order valence-electron chi connectivity index (χ4n) is 4.14. The standard InChI is InChI=1S/C23H39N7.HI/c1-4-28-16-18-29(19-17-28)14-8-7-12-25-23(24-3)26-13-9-15-30-20(2)27-21-10-5-6-11-22(21)30;/h5-6,10-11H,4,7-9,12-19H2,1-3H3,(H2,24,25,26);1H. The number of guanidine groups is 1. The summed E-state index contributed by atoms with van der Waals surface area (Å²) < 4.78 is 2.30. The minimum atomic E-state index is 0. The molecule has 0 radical (unpaired) electrons. The summed E-state index contributed by atoms with van der Waals surface area (Å²) in [6.45, 7) is 14.4. The summed E-state index contributed by atoms with van der Waals surface area (Å²) in [6.07, 6.45) is 3.45. The predicted molar refractivity (Wildman–Crippen MR) is 142 cm³/mol. The highest BCUT2D eigenvalue weighted by molar-refractivity contribution is 14.0. The molecule has 0 unspecified atom stereocenters. The number of imidazole rings is 1. The van der Waals surface area contributed by atoms with Crippen LogP contribution in [0.15, 0.2) is 29.3 Å². The molecule has 0 amide bonds. The number of benzene rings is 1. The highest BCUT2D eigenvalue weighted by Gasteiger charge is 2.14. The summed E-state index contributed by atoms with van der Waals surface area (Å²) >= 11 is 0. The second-order valence-corrected chi connectivity index (χ2v) is 8.06. The van der Waals surface area contributed by atoms with Gasteiger partial charge < -0.3 is 25.0 Å². The first kappa shape index (κ1) is 25.9. The molecule has 8 heteroatoms. The smallest absolute Gasteiger partial charge is 0.190 e. The van der Waals surface area contributed by atoms with Crippen LogP contribution in [0.25, 0.3) is 11.0 Å². The molecule has 1 fully saturated rings. The van der Waals surface area contributed by atoms with E-state index >= 15 is 0 Å². The van der Waals surface area contributed by atoms with E-state index in [9.17, 15) is 0 Å². The number of para-hydroxylation sites is 2. The Morgan fingerprint density at radius 3 is 2.35 bits per heavy atom. The number of fused-ring (bicyclic) bond motifs is 1. The van der Waals surface area contributed by atoms with Gasteiger partial charge in [-0.15, -0.1) is 24.0 Å². The quantitative estimate of drug-likeness (QED) is 0.210. The average Bonchev–Trinajstić information content (AvgIpc) is 3.10. The van der Waals surface area contributed by atoms with Crippen LogP contribution in [0.4, 0.5) is 0 Å². The van der Waals surface area contributed by atoms with Gasteiger partial charge in [-0.25, -0.2) is 4.98 Å². The fourth-order valence-corrected chi connectivity index (χ4v) is 4.14. The molecule has 174 valence electrons. The summed E-state index contributed by atoms with van der Waals surface area (Å²) in [5.41, 5.74) is 2.29. The molecule has 0 saturated carbocycles. The molecule has 1 aromatic heterocycles. The molecule has 0 spiro atoms. The van der Waals surface area contributed by atoms with E-state index in [1.165, 1.54) is 57.6 Å². The molecule has 1 aliphatic heterocycles. The van der Waals surface area contributed by atoms with E-state index in [2.05, 4.69) is 67.0 Å². The van der Waals surface area contributed by atoms with Crippen molar-refractivity contribution in [1.82, 2.24) is 30.0 Å². The molecule has 0 bridgehead atoms. The Labute approximate surface area is 204 Å². The van der Waals surface area contributed by atoms with Crippen LogP contribution >= 0.6 is 24.0 Å². The number of aliphatic imine (C=N–C) groups is 1. The van der Waals surface area contributed by atoms with E-state index in [0.29, 0.717) is 0 Å². The van der Waals surface area contributed by atoms with Gasteiger partial charge in [-0.05, 0) is 51.4 Å². The van der Waals surface area contributed by atoms with Crippen molar-refractivity contribution in [3.63, 3.8) is 0 Å². The Bertz CT molecular complexity index is 796. The Morgan fingerprint density at radius 1 is 0.968 bits per heavy atom. The third-order valence-electron chi connectivity index (χ3n) is 6.03. The minimum Gasteiger partial charge on any atom is -0.356 e. The lowest BCUT2D eigenvalue weighted by molar-refractivity contribution is 0.136. The summed E-state index contributed by atoms with van der Waals surface area (Å²) in [5, 5.41) is 6.89.